The Labute approximate surface area is 600 Å². The smallest absolute Gasteiger partial charge is 0.326 e. The number of rotatable bonds is 57. The molecule has 36 heteroatoms. The van der Waals surface area contributed by atoms with E-state index in [4.69, 9.17) is 63.1 Å². The van der Waals surface area contributed by atoms with Gasteiger partial charge in [0.1, 0.15) is 60.4 Å². The number of amides is 11. The molecule has 0 aromatic heterocycles. The van der Waals surface area contributed by atoms with Crippen LogP contribution in [0, 0.1) is 0 Å². The quantitative estimate of drug-likeness (QED) is 0.0153. The van der Waals surface area contributed by atoms with Crippen LogP contribution < -0.4 is 111 Å². The number of carbonyl (C=O) groups excluding carboxylic acids is 11. The topological polar surface area (TPSA) is 638 Å². The van der Waals surface area contributed by atoms with Crippen LogP contribution in [0.3, 0.4) is 0 Å². The second-order valence-corrected chi connectivity index (χ2v) is 26.3. The van der Waals surface area contributed by atoms with Gasteiger partial charge in [0.2, 0.25) is 65.0 Å². The number of unbranched alkanes of at least 4 members (excludes halogenated alkanes) is 8. The number of nitrogens with zero attached hydrogens (tertiary/aromatic N) is 3. The Morgan fingerprint density at radius 2 is 0.657 bits per heavy atom. The minimum atomic E-state index is -1.31. The zero-order valence-corrected chi connectivity index (χ0v) is 60.1. The minimum absolute atomic E-state index is 0.0342. The summed E-state index contributed by atoms with van der Waals surface area (Å²) in [6.07, 6.45) is 9.70. The third-order valence-corrected chi connectivity index (χ3v) is 18.0. The molecule has 32 N–H and O–H groups in total. The average molecular weight is 1450 g/mol. The van der Waals surface area contributed by atoms with E-state index in [9.17, 15) is 62.6 Å². The van der Waals surface area contributed by atoms with Gasteiger partial charge in [-0.1, -0.05) is 6.42 Å². The van der Waals surface area contributed by atoms with E-state index < -0.39 is 144 Å². The maximum absolute atomic E-state index is 14.7. The van der Waals surface area contributed by atoms with E-state index in [1.54, 1.807) is 0 Å². The molecule has 0 unspecified atom stereocenters. The van der Waals surface area contributed by atoms with Crippen LogP contribution in [0.25, 0.3) is 0 Å². The monoisotopic (exact) mass is 1450 g/mol. The van der Waals surface area contributed by atoms with Gasteiger partial charge in [0.15, 0.2) is 5.96 Å². The van der Waals surface area contributed by atoms with E-state index in [1.807, 2.05) is 0 Å². The van der Waals surface area contributed by atoms with Gasteiger partial charge in [0.25, 0.3) is 0 Å². The second-order valence-electron chi connectivity index (χ2n) is 26.3. The first-order chi connectivity index (χ1) is 49.0. The van der Waals surface area contributed by atoms with Crippen LogP contribution in [0.4, 0.5) is 0 Å². The number of guanidine groups is 1. The Bertz CT molecular complexity index is 2590. The molecule has 11 atom stereocenters. The molecular formula is C66H127N23O13. The predicted octanol–water partition coefficient (Wildman–Crippen LogP) is -5.54. The van der Waals surface area contributed by atoms with Crippen molar-refractivity contribution in [1.29, 1.82) is 0 Å². The van der Waals surface area contributed by atoms with Crippen molar-refractivity contribution in [1.82, 2.24) is 57.7 Å². The lowest BCUT2D eigenvalue weighted by Crippen LogP contribution is -2.60. The second kappa shape index (κ2) is 53.4. The molecule has 0 aromatic rings. The van der Waals surface area contributed by atoms with Gasteiger partial charge in [-0.15, -0.1) is 0 Å². The highest BCUT2D eigenvalue weighted by Gasteiger charge is 2.41. The molecule has 0 aliphatic carbocycles. The molecule has 0 aromatic carbocycles. The van der Waals surface area contributed by atoms with Crippen LogP contribution in [0.15, 0.2) is 4.99 Å². The number of carbonyl (C=O) groups is 12. The number of aliphatic imine (C=N–C) groups is 1. The summed E-state index contributed by atoms with van der Waals surface area (Å²) >= 11 is 0. The summed E-state index contributed by atoms with van der Waals surface area (Å²) in [4.78, 5) is 175. The molecule has 102 heavy (non-hydrogen) atoms. The SMILES string of the molecule is NCCCC[C@H](NC(=O)[C@H](CCCCN)NC(=O)[C@H](CCCCN)NC(=O)[C@H](CCCCN)NC(=O)[C@H](CCCCN)NC(=O)[C@H](CCCCN)NC(=O)[C@H](CCCCN)NC(=O)[C@@H](N)CCCCN)C(=O)NCC(=O)N1CCC[C@H]1C(=O)N[C@@H](CCCN=C(N)N)C(=O)N1CCC[C@H]1C(=O)O. The molecule has 11 amide bonds. The normalized spacial score (nSPS) is 16.9. The van der Waals surface area contributed by atoms with Crippen molar-refractivity contribution in [3.05, 3.63) is 0 Å². The Hall–Kier alpha value is -7.45. The van der Waals surface area contributed by atoms with Gasteiger partial charge in [0.05, 0.1) is 12.6 Å². The highest BCUT2D eigenvalue weighted by molar-refractivity contribution is 5.99. The Balaban J connectivity index is 2.44. The fourth-order valence-corrected chi connectivity index (χ4v) is 12.1. The summed E-state index contributed by atoms with van der Waals surface area (Å²) in [5.41, 5.74) is 63.7. The van der Waals surface area contributed by atoms with E-state index in [1.165, 1.54) is 9.80 Å². The third kappa shape index (κ3) is 35.2. The Morgan fingerprint density at radius 1 is 0.363 bits per heavy atom. The number of hydrogen-bond donors (Lipinski definition) is 21. The summed E-state index contributed by atoms with van der Waals surface area (Å²) in [5, 5.41) is 34.6. The Kier molecular flexibility index (Phi) is 47.4. The maximum atomic E-state index is 14.7. The molecule has 0 bridgehead atoms. The molecule has 2 aliphatic heterocycles. The molecule has 0 saturated carbocycles. The van der Waals surface area contributed by atoms with Crippen LogP contribution in [0.2, 0.25) is 0 Å². The number of hydrogen-bond acceptors (Lipinski definition) is 22. The summed E-state index contributed by atoms with van der Waals surface area (Å²) in [6.45, 7) is 2.14. The van der Waals surface area contributed by atoms with Crippen molar-refractivity contribution in [3.8, 4) is 0 Å². The number of carboxylic acid groups (broad SMARTS) is 1. The van der Waals surface area contributed by atoms with Crippen molar-refractivity contribution in [2.45, 2.75) is 259 Å². The van der Waals surface area contributed by atoms with E-state index in [-0.39, 0.29) is 129 Å². The largest absolute Gasteiger partial charge is 0.480 e. The number of likely N-dealkylation sites (tertiary alicyclic amines) is 2. The molecule has 2 rings (SSSR count). The van der Waals surface area contributed by atoms with E-state index >= 15 is 0 Å². The van der Waals surface area contributed by atoms with Crippen LogP contribution in [0.1, 0.15) is 193 Å². The van der Waals surface area contributed by atoms with E-state index in [0.717, 1.165) is 0 Å². The summed E-state index contributed by atoms with van der Waals surface area (Å²) in [5.74, 6) is -8.98. The third-order valence-electron chi connectivity index (χ3n) is 18.0. The van der Waals surface area contributed by atoms with Crippen molar-refractivity contribution < 1.29 is 62.6 Å². The van der Waals surface area contributed by atoms with Crippen LogP contribution in [-0.2, 0) is 57.5 Å². The number of carboxylic acids is 1. The summed E-state index contributed by atoms with van der Waals surface area (Å²) in [7, 11) is 0. The Morgan fingerprint density at radius 3 is 0.980 bits per heavy atom. The predicted molar refractivity (Wildman–Crippen MR) is 387 cm³/mol. The lowest BCUT2D eigenvalue weighted by molar-refractivity contribution is -0.149. The van der Waals surface area contributed by atoms with Crippen molar-refractivity contribution in [3.63, 3.8) is 0 Å². The van der Waals surface area contributed by atoms with Crippen molar-refractivity contribution in [2.24, 2.45) is 68.1 Å². The van der Waals surface area contributed by atoms with Crippen LogP contribution in [0.5, 0.6) is 0 Å². The standard InChI is InChI=1S/C66H127N23O13/c67-31-9-1-20-43(75)55(91)80-45(22-3-11-33-69)57(93)82-47(24-5-13-35-71)59(95)84-49(26-7-15-37-73)61(97)86-50(27-8-16-38-74)62(98)85-48(25-6-14-36-72)60(96)83-46(23-4-12-34-70)58(94)81-44(21-2-10-32-68)56(92)79-42-54(90)88-40-18-29-52(88)63(99)87-51(28-17-39-78-66(76)77)64(100)89-41-19-30-53(89)65(101)102/h43-53H,1-42,67-75H2,(H,79,92)(H,80,91)(H,81,94)(H,82,93)(H,83,96)(H,84,95)(H,85,98)(H,86,97)(H,87,99)(H,101,102)(H4,76,77,78)/t43-,44-,45-,46-,47-,48-,49-,50-,51-,52-,53-/m0/s1. The molecular weight excluding hydrogens is 1320 g/mol. The molecule has 2 fully saturated rings. The highest BCUT2D eigenvalue weighted by atomic mass is 16.4. The lowest BCUT2D eigenvalue weighted by atomic mass is 10.0. The van der Waals surface area contributed by atoms with Gasteiger partial charge in [-0.05, 0) is 239 Å². The zero-order chi connectivity index (χ0) is 75.8. The van der Waals surface area contributed by atoms with Gasteiger partial charge in [-0.25, -0.2) is 4.79 Å². The molecule has 2 aliphatic rings. The first kappa shape index (κ1) is 90.6. The minimum Gasteiger partial charge on any atom is -0.480 e. The van der Waals surface area contributed by atoms with Gasteiger partial charge < -0.3 is 126 Å². The first-order valence-corrected chi connectivity index (χ1v) is 36.9. The molecule has 2 heterocycles. The molecule has 36 nitrogen and oxygen atoms in total. The molecule has 0 spiro atoms. The first-order valence-electron chi connectivity index (χ1n) is 36.9. The lowest BCUT2D eigenvalue weighted by Gasteiger charge is -2.30. The average Bonchev–Trinajstić information content (AvgIpc) is 1.53. The number of nitrogens with one attached hydrogen (secondary N) is 9. The van der Waals surface area contributed by atoms with Crippen molar-refractivity contribution >= 4 is 76.9 Å². The van der Waals surface area contributed by atoms with Crippen LogP contribution in [-0.4, -0.2) is 237 Å². The fourth-order valence-electron chi connectivity index (χ4n) is 12.1. The van der Waals surface area contributed by atoms with Crippen molar-refractivity contribution in [2.75, 3.05) is 78.5 Å². The van der Waals surface area contributed by atoms with Gasteiger partial charge >= 0.3 is 5.97 Å². The summed E-state index contributed by atoms with van der Waals surface area (Å²) in [6, 6.07) is -12.9. The van der Waals surface area contributed by atoms with E-state index in [0.29, 0.717) is 142 Å². The van der Waals surface area contributed by atoms with Gasteiger partial charge in [-0.2, -0.15) is 0 Å². The highest BCUT2D eigenvalue weighted by Crippen LogP contribution is 2.22. The maximum Gasteiger partial charge on any atom is 0.326 e. The number of nitrogens with two attached hydrogens (primary N) is 11. The molecule has 2 saturated heterocycles. The summed E-state index contributed by atoms with van der Waals surface area (Å²) < 4.78 is 0. The van der Waals surface area contributed by atoms with Crippen LogP contribution >= 0.6 is 0 Å². The fraction of sp³-hybridized carbons (Fsp3) is 0.803. The zero-order valence-electron chi connectivity index (χ0n) is 60.1. The van der Waals surface area contributed by atoms with Gasteiger partial charge in [-0.3, -0.25) is 57.7 Å². The number of aliphatic carboxylic acids is 1. The van der Waals surface area contributed by atoms with E-state index in [2.05, 4.69) is 52.8 Å². The molecule has 584 valence electrons. The molecule has 0 radical (unpaired) electrons. The van der Waals surface area contributed by atoms with Gasteiger partial charge in [0, 0.05) is 19.6 Å².